The highest BCUT2D eigenvalue weighted by Crippen LogP contribution is 2.28. The number of rotatable bonds is 11. The smallest absolute Gasteiger partial charge is 0.168 e. The van der Waals surface area contributed by atoms with Crippen LogP contribution in [0.1, 0.15) is 58.8 Å². The Morgan fingerprint density at radius 3 is 2.00 bits per heavy atom. The quantitative estimate of drug-likeness (QED) is 0.340. The molecule has 1 unspecified atom stereocenters. The fourth-order valence-electron chi connectivity index (χ4n) is 2.11. The summed E-state index contributed by atoms with van der Waals surface area (Å²) >= 11 is 4.42. The van der Waals surface area contributed by atoms with Crippen LogP contribution >= 0.6 is 12.6 Å². The standard InChI is InChI=1S/C14H30O2S/c1-5-6-7-8-9-10-11-13(12-17)14(2,15-3)16-4/h13,17H,5-12H2,1-4H3. The zero-order chi connectivity index (χ0) is 13.1. The Bertz CT molecular complexity index is 170. The first-order valence-electron chi connectivity index (χ1n) is 6.85. The number of hydrogen-bond acceptors (Lipinski definition) is 3. The fraction of sp³-hybridized carbons (Fsp3) is 1.00. The van der Waals surface area contributed by atoms with E-state index in [2.05, 4.69) is 19.6 Å². The van der Waals surface area contributed by atoms with Crippen LogP contribution in [0, 0.1) is 5.92 Å². The van der Waals surface area contributed by atoms with E-state index in [0.717, 1.165) is 12.2 Å². The molecule has 0 aromatic rings. The first kappa shape index (κ1) is 17.3. The second kappa shape index (κ2) is 10.2. The lowest BCUT2D eigenvalue weighted by Crippen LogP contribution is -2.39. The number of unbranched alkanes of at least 4 members (excludes halogenated alkanes) is 5. The maximum Gasteiger partial charge on any atom is 0.168 e. The predicted molar refractivity (Wildman–Crippen MR) is 77.8 cm³/mol. The van der Waals surface area contributed by atoms with Crippen LogP contribution in [0.25, 0.3) is 0 Å². The van der Waals surface area contributed by atoms with E-state index in [0.29, 0.717) is 5.92 Å². The van der Waals surface area contributed by atoms with Crippen molar-refractivity contribution in [1.29, 1.82) is 0 Å². The van der Waals surface area contributed by atoms with Gasteiger partial charge in [-0.15, -0.1) is 0 Å². The third-order valence-electron chi connectivity index (χ3n) is 3.68. The molecule has 0 saturated carbocycles. The summed E-state index contributed by atoms with van der Waals surface area (Å²) in [5.74, 6) is 0.699. The van der Waals surface area contributed by atoms with Gasteiger partial charge in [-0.25, -0.2) is 0 Å². The molecule has 0 aromatic carbocycles. The Morgan fingerprint density at radius 2 is 1.53 bits per heavy atom. The zero-order valence-electron chi connectivity index (χ0n) is 12.0. The number of thiol groups is 1. The number of methoxy groups -OCH3 is 2. The molecule has 0 heterocycles. The highest BCUT2D eigenvalue weighted by molar-refractivity contribution is 7.80. The molecular formula is C14H30O2S. The van der Waals surface area contributed by atoms with E-state index in [1.165, 1.54) is 38.5 Å². The Balaban J connectivity index is 3.82. The molecule has 104 valence electrons. The van der Waals surface area contributed by atoms with Crippen molar-refractivity contribution in [2.45, 2.75) is 64.6 Å². The Kier molecular flexibility index (Phi) is 10.4. The molecule has 0 N–H and O–H groups in total. The lowest BCUT2D eigenvalue weighted by molar-refractivity contribution is -0.223. The monoisotopic (exact) mass is 262 g/mol. The molecule has 0 aliphatic rings. The second-order valence-corrected chi connectivity index (χ2v) is 5.23. The van der Waals surface area contributed by atoms with E-state index in [1.807, 2.05) is 6.92 Å². The fourth-order valence-corrected chi connectivity index (χ4v) is 2.62. The van der Waals surface area contributed by atoms with Crippen LogP contribution in [-0.2, 0) is 9.47 Å². The van der Waals surface area contributed by atoms with Gasteiger partial charge in [0.2, 0.25) is 0 Å². The molecule has 17 heavy (non-hydrogen) atoms. The maximum absolute atomic E-state index is 5.46. The Hall–Kier alpha value is 0.270. The number of hydrogen-bond donors (Lipinski definition) is 1. The van der Waals surface area contributed by atoms with Crippen LogP contribution in [0.3, 0.4) is 0 Å². The van der Waals surface area contributed by atoms with Gasteiger partial charge >= 0.3 is 0 Å². The first-order valence-corrected chi connectivity index (χ1v) is 7.49. The van der Waals surface area contributed by atoms with E-state index in [-0.39, 0.29) is 0 Å². The van der Waals surface area contributed by atoms with Crippen molar-refractivity contribution in [3.05, 3.63) is 0 Å². The predicted octanol–water partition coefficient (Wildman–Crippen LogP) is 4.29. The molecule has 0 saturated heterocycles. The van der Waals surface area contributed by atoms with Gasteiger partial charge in [-0.2, -0.15) is 12.6 Å². The molecule has 3 heteroatoms. The summed E-state index contributed by atoms with van der Waals surface area (Å²) in [6.45, 7) is 4.25. The van der Waals surface area contributed by atoms with Gasteiger partial charge in [0.05, 0.1) is 0 Å². The third kappa shape index (κ3) is 6.68. The van der Waals surface area contributed by atoms with Gasteiger partial charge in [0.1, 0.15) is 0 Å². The largest absolute Gasteiger partial charge is 0.353 e. The lowest BCUT2D eigenvalue weighted by Gasteiger charge is -2.34. The van der Waals surface area contributed by atoms with Crippen molar-refractivity contribution in [2.24, 2.45) is 5.92 Å². The third-order valence-corrected chi connectivity index (χ3v) is 4.12. The van der Waals surface area contributed by atoms with Crippen molar-refractivity contribution in [3.63, 3.8) is 0 Å². The Labute approximate surface area is 113 Å². The van der Waals surface area contributed by atoms with Crippen molar-refractivity contribution in [2.75, 3.05) is 20.0 Å². The van der Waals surface area contributed by atoms with Gasteiger partial charge < -0.3 is 9.47 Å². The van der Waals surface area contributed by atoms with Crippen LogP contribution in [0.15, 0.2) is 0 Å². The normalized spacial score (nSPS) is 13.9. The van der Waals surface area contributed by atoms with Gasteiger partial charge in [-0.3, -0.25) is 0 Å². The topological polar surface area (TPSA) is 18.5 Å². The first-order chi connectivity index (χ1) is 8.14. The van der Waals surface area contributed by atoms with Crippen LogP contribution in [0.5, 0.6) is 0 Å². The molecule has 0 fully saturated rings. The van der Waals surface area contributed by atoms with Crippen LogP contribution in [-0.4, -0.2) is 25.8 Å². The van der Waals surface area contributed by atoms with Gasteiger partial charge in [0.25, 0.3) is 0 Å². The summed E-state index contributed by atoms with van der Waals surface area (Å²) in [7, 11) is 3.42. The molecule has 0 radical (unpaired) electrons. The molecule has 0 aliphatic carbocycles. The molecule has 0 rings (SSSR count). The Morgan fingerprint density at radius 1 is 1.00 bits per heavy atom. The minimum absolute atomic E-state index is 0.368. The highest BCUT2D eigenvalue weighted by Gasteiger charge is 2.32. The summed E-state index contributed by atoms with van der Waals surface area (Å²) in [4.78, 5) is 0. The molecule has 1 atom stereocenters. The molecule has 2 nitrogen and oxygen atoms in total. The van der Waals surface area contributed by atoms with E-state index < -0.39 is 5.79 Å². The summed E-state index contributed by atoms with van der Waals surface area (Å²) in [5, 5.41) is 0. The van der Waals surface area contributed by atoms with Crippen molar-refractivity contribution >= 4 is 12.6 Å². The molecule has 0 amide bonds. The molecule has 0 aliphatic heterocycles. The van der Waals surface area contributed by atoms with Crippen LogP contribution in [0.2, 0.25) is 0 Å². The summed E-state index contributed by atoms with van der Waals surface area (Å²) in [5.41, 5.74) is 0. The molecular weight excluding hydrogens is 232 g/mol. The number of ether oxygens (including phenoxy) is 2. The van der Waals surface area contributed by atoms with E-state index in [4.69, 9.17) is 9.47 Å². The van der Waals surface area contributed by atoms with E-state index in [9.17, 15) is 0 Å². The van der Waals surface area contributed by atoms with Gasteiger partial charge in [-0.1, -0.05) is 45.4 Å². The average molecular weight is 262 g/mol. The molecule has 0 aromatic heterocycles. The van der Waals surface area contributed by atoms with Crippen molar-refractivity contribution in [3.8, 4) is 0 Å². The highest BCUT2D eigenvalue weighted by atomic mass is 32.1. The van der Waals surface area contributed by atoms with E-state index in [1.54, 1.807) is 14.2 Å². The summed E-state index contributed by atoms with van der Waals surface area (Å²) in [6, 6.07) is 0. The van der Waals surface area contributed by atoms with Gasteiger partial charge in [0, 0.05) is 20.1 Å². The van der Waals surface area contributed by atoms with Crippen molar-refractivity contribution in [1.82, 2.24) is 0 Å². The molecule has 0 bridgehead atoms. The van der Waals surface area contributed by atoms with Gasteiger partial charge in [0.15, 0.2) is 5.79 Å². The minimum Gasteiger partial charge on any atom is -0.353 e. The maximum atomic E-state index is 5.46. The van der Waals surface area contributed by atoms with Crippen LogP contribution in [0.4, 0.5) is 0 Å². The van der Waals surface area contributed by atoms with Crippen molar-refractivity contribution < 1.29 is 9.47 Å². The average Bonchev–Trinajstić information content (AvgIpc) is 2.37. The molecule has 0 spiro atoms. The summed E-state index contributed by atoms with van der Waals surface area (Å²) < 4.78 is 10.9. The lowest BCUT2D eigenvalue weighted by atomic mass is 9.94. The summed E-state index contributed by atoms with van der Waals surface area (Å²) in [6.07, 6.45) is 9.09. The SMILES string of the molecule is CCCCCCCCC(CS)C(C)(OC)OC. The minimum atomic E-state index is -0.481. The van der Waals surface area contributed by atoms with E-state index >= 15 is 0 Å². The van der Waals surface area contributed by atoms with Crippen LogP contribution < -0.4 is 0 Å². The van der Waals surface area contributed by atoms with Gasteiger partial charge in [-0.05, 0) is 19.1 Å². The second-order valence-electron chi connectivity index (χ2n) is 4.86. The zero-order valence-corrected chi connectivity index (χ0v) is 12.9.